The first-order valence-corrected chi connectivity index (χ1v) is 7.68. The molecule has 1 atom stereocenters. The van der Waals surface area contributed by atoms with Crippen LogP contribution >= 0.6 is 0 Å². The number of nitrogens with one attached hydrogen (secondary N) is 1. The number of hydrogen-bond donors (Lipinski definition) is 2. The van der Waals surface area contributed by atoms with Crippen LogP contribution in [-0.4, -0.2) is 30.8 Å². The Hall–Kier alpha value is -1.39. The summed E-state index contributed by atoms with van der Waals surface area (Å²) in [5.74, 6) is -0.275. The highest BCUT2D eigenvalue weighted by Crippen LogP contribution is 2.26. The van der Waals surface area contributed by atoms with Crippen LogP contribution in [0.1, 0.15) is 45.2 Å². The maximum Gasteiger partial charge on any atom is 0.327 e. The topological polar surface area (TPSA) is 58.6 Å². The van der Waals surface area contributed by atoms with Crippen LogP contribution in [0.15, 0.2) is 30.3 Å². The zero-order chi connectivity index (χ0) is 15.7. The lowest BCUT2D eigenvalue weighted by Gasteiger charge is -2.31. The average Bonchev–Trinajstić information content (AvgIpc) is 2.53. The minimum atomic E-state index is -0.491. The van der Waals surface area contributed by atoms with Gasteiger partial charge in [0, 0.05) is 18.6 Å². The molecule has 0 fully saturated rings. The van der Waals surface area contributed by atoms with Gasteiger partial charge in [-0.25, -0.2) is 4.79 Å². The van der Waals surface area contributed by atoms with Crippen molar-refractivity contribution in [2.24, 2.45) is 5.41 Å². The molecule has 0 heterocycles. The van der Waals surface area contributed by atoms with E-state index in [4.69, 9.17) is 4.74 Å². The molecule has 0 aliphatic carbocycles. The zero-order valence-electron chi connectivity index (χ0n) is 13.3. The summed E-state index contributed by atoms with van der Waals surface area (Å²) in [6.45, 7) is 6.96. The molecule has 0 saturated heterocycles. The first kappa shape index (κ1) is 17.7. The number of aliphatic hydroxyl groups excluding tert-OH is 1. The van der Waals surface area contributed by atoms with Gasteiger partial charge in [-0.1, -0.05) is 44.2 Å². The van der Waals surface area contributed by atoms with Crippen molar-refractivity contribution in [3.05, 3.63) is 35.9 Å². The van der Waals surface area contributed by atoms with Gasteiger partial charge < -0.3 is 15.2 Å². The smallest absolute Gasteiger partial charge is 0.327 e. The van der Waals surface area contributed by atoms with Crippen molar-refractivity contribution in [2.45, 2.75) is 39.7 Å². The minimum Gasteiger partial charge on any atom is -0.465 e. The molecule has 0 amide bonds. The Balaban J connectivity index is 2.86. The van der Waals surface area contributed by atoms with E-state index in [1.54, 1.807) is 6.92 Å². The molecule has 1 aromatic rings. The molecule has 4 nitrogen and oxygen atoms in total. The van der Waals surface area contributed by atoms with Crippen molar-refractivity contribution < 1.29 is 14.6 Å². The van der Waals surface area contributed by atoms with Gasteiger partial charge in [-0.2, -0.15) is 0 Å². The fraction of sp³-hybridized carbons (Fsp3) is 0.588. The molecule has 0 aromatic heterocycles. The largest absolute Gasteiger partial charge is 0.465 e. The second-order valence-electron chi connectivity index (χ2n) is 5.34. The molecule has 0 bridgehead atoms. The van der Waals surface area contributed by atoms with E-state index in [0.717, 1.165) is 18.4 Å². The van der Waals surface area contributed by atoms with Gasteiger partial charge in [0.15, 0.2) is 0 Å². The van der Waals surface area contributed by atoms with Crippen molar-refractivity contribution in [1.82, 2.24) is 5.32 Å². The maximum atomic E-state index is 12.2. The van der Waals surface area contributed by atoms with E-state index in [0.29, 0.717) is 13.2 Å². The lowest BCUT2D eigenvalue weighted by molar-refractivity contribution is -0.146. The molecule has 0 aliphatic heterocycles. The molecule has 0 aliphatic rings. The van der Waals surface area contributed by atoms with Crippen LogP contribution in [0.4, 0.5) is 0 Å². The highest BCUT2D eigenvalue weighted by Gasteiger charge is 2.29. The molecule has 0 radical (unpaired) electrons. The summed E-state index contributed by atoms with van der Waals surface area (Å²) in [7, 11) is 0. The molecular weight excluding hydrogens is 266 g/mol. The molecule has 2 N–H and O–H groups in total. The zero-order valence-corrected chi connectivity index (χ0v) is 13.3. The van der Waals surface area contributed by atoms with Gasteiger partial charge in [-0.15, -0.1) is 0 Å². The van der Waals surface area contributed by atoms with E-state index in [2.05, 4.69) is 19.2 Å². The molecule has 21 heavy (non-hydrogen) atoms. The van der Waals surface area contributed by atoms with E-state index in [-0.39, 0.29) is 18.0 Å². The van der Waals surface area contributed by atoms with Crippen LogP contribution < -0.4 is 5.32 Å². The predicted octanol–water partition coefficient (Wildman–Crippen LogP) is 2.68. The standard InChI is InChI=1S/C17H27NO3/c1-4-17(5-2,13-19)12-18-15(16(20)21-6-3)14-10-8-7-9-11-14/h7-11,15,18-19H,4-6,12-13H2,1-3H3. The highest BCUT2D eigenvalue weighted by molar-refractivity contribution is 5.77. The number of carbonyl (C=O) groups is 1. The fourth-order valence-corrected chi connectivity index (χ4v) is 2.31. The monoisotopic (exact) mass is 293 g/mol. The summed E-state index contributed by atoms with van der Waals surface area (Å²) >= 11 is 0. The first-order valence-electron chi connectivity index (χ1n) is 7.68. The van der Waals surface area contributed by atoms with Crippen molar-refractivity contribution in [3.8, 4) is 0 Å². The van der Waals surface area contributed by atoms with E-state index in [9.17, 15) is 9.90 Å². The Morgan fingerprint density at radius 1 is 1.24 bits per heavy atom. The summed E-state index contributed by atoms with van der Waals surface area (Å²) in [6, 6.07) is 9.06. The summed E-state index contributed by atoms with van der Waals surface area (Å²) in [5.41, 5.74) is 0.689. The van der Waals surface area contributed by atoms with Crippen LogP contribution in [-0.2, 0) is 9.53 Å². The van der Waals surface area contributed by atoms with Gasteiger partial charge in [0.1, 0.15) is 6.04 Å². The SMILES string of the molecule is CCOC(=O)C(NCC(CC)(CC)CO)c1ccccc1. The van der Waals surface area contributed by atoms with Crippen LogP contribution in [0.25, 0.3) is 0 Å². The lowest BCUT2D eigenvalue weighted by Crippen LogP contribution is -2.41. The van der Waals surface area contributed by atoms with Crippen LogP contribution in [0.3, 0.4) is 0 Å². The van der Waals surface area contributed by atoms with Gasteiger partial charge in [0.2, 0.25) is 0 Å². The number of esters is 1. The van der Waals surface area contributed by atoms with E-state index in [1.807, 2.05) is 30.3 Å². The second kappa shape index (κ2) is 8.80. The Labute approximate surface area is 127 Å². The summed E-state index contributed by atoms with van der Waals surface area (Å²) in [4.78, 5) is 12.2. The number of aliphatic hydroxyl groups is 1. The molecule has 0 saturated carbocycles. The summed E-state index contributed by atoms with van der Waals surface area (Å²) in [6.07, 6.45) is 1.72. The molecule has 118 valence electrons. The normalized spacial score (nSPS) is 13.0. The average molecular weight is 293 g/mol. The number of ether oxygens (including phenoxy) is 1. The Morgan fingerprint density at radius 2 is 1.86 bits per heavy atom. The molecular formula is C17H27NO3. The third-order valence-corrected chi connectivity index (χ3v) is 4.17. The quantitative estimate of drug-likeness (QED) is 0.687. The molecule has 1 rings (SSSR count). The van der Waals surface area contributed by atoms with Gasteiger partial charge in [-0.05, 0) is 25.3 Å². The summed E-state index contributed by atoms with van der Waals surface area (Å²) in [5, 5.41) is 12.9. The first-order chi connectivity index (χ1) is 10.1. The lowest BCUT2D eigenvalue weighted by atomic mass is 9.83. The predicted molar refractivity (Wildman–Crippen MR) is 83.9 cm³/mol. The van der Waals surface area contributed by atoms with Crippen LogP contribution in [0.5, 0.6) is 0 Å². The van der Waals surface area contributed by atoms with Crippen molar-refractivity contribution >= 4 is 5.97 Å². The third kappa shape index (κ3) is 4.83. The van der Waals surface area contributed by atoms with Crippen LogP contribution in [0.2, 0.25) is 0 Å². The van der Waals surface area contributed by atoms with Crippen LogP contribution in [0, 0.1) is 5.41 Å². The molecule has 0 spiro atoms. The third-order valence-electron chi connectivity index (χ3n) is 4.17. The van der Waals surface area contributed by atoms with E-state index < -0.39 is 6.04 Å². The number of hydrogen-bond acceptors (Lipinski definition) is 4. The van der Waals surface area contributed by atoms with Gasteiger partial charge in [0.05, 0.1) is 6.61 Å². The molecule has 1 aromatic carbocycles. The number of benzene rings is 1. The molecule has 1 unspecified atom stereocenters. The molecule has 4 heteroatoms. The van der Waals surface area contributed by atoms with Gasteiger partial charge in [0.25, 0.3) is 0 Å². The number of carbonyl (C=O) groups excluding carboxylic acids is 1. The van der Waals surface area contributed by atoms with Crippen molar-refractivity contribution in [3.63, 3.8) is 0 Å². The Morgan fingerprint density at radius 3 is 2.33 bits per heavy atom. The van der Waals surface area contributed by atoms with E-state index in [1.165, 1.54) is 0 Å². The van der Waals surface area contributed by atoms with Gasteiger partial charge in [-0.3, -0.25) is 0 Å². The van der Waals surface area contributed by atoms with E-state index >= 15 is 0 Å². The fourth-order valence-electron chi connectivity index (χ4n) is 2.31. The van der Waals surface area contributed by atoms with Crippen molar-refractivity contribution in [1.29, 1.82) is 0 Å². The Kier molecular flexibility index (Phi) is 7.40. The number of rotatable bonds is 9. The van der Waals surface area contributed by atoms with Crippen molar-refractivity contribution in [2.75, 3.05) is 19.8 Å². The second-order valence-corrected chi connectivity index (χ2v) is 5.34. The Bertz CT molecular complexity index is 407. The maximum absolute atomic E-state index is 12.2. The minimum absolute atomic E-state index is 0.108. The highest BCUT2D eigenvalue weighted by atomic mass is 16.5. The van der Waals surface area contributed by atoms with Gasteiger partial charge >= 0.3 is 5.97 Å². The summed E-state index contributed by atoms with van der Waals surface area (Å²) < 4.78 is 5.16.